The molecule has 18 heavy (non-hydrogen) atoms. The van der Waals surface area contributed by atoms with E-state index in [1.165, 1.54) is 5.56 Å². The highest BCUT2D eigenvalue weighted by Gasteiger charge is 2.21. The Labute approximate surface area is 114 Å². The third-order valence-corrected chi connectivity index (χ3v) is 3.93. The molecular formula is C14H21ClN2O. The predicted octanol–water partition coefficient (Wildman–Crippen LogP) is 2.27. The van der Waals surface area contributed by atoms with Crippen LogP contribution in [0.15, 0.2) is 18.2 Å². The molecular weight excluding hydrogens is 248 g/mol. The lowest BCUT2D eigenvalue weighted by atomic mass is 9.97. The van der Waals surface area contributed by atoms with Crippen molar-refractivity contribution in [3.05, 3.63) is 28.8 Å². The fraction of sp³-hybridized carbons (Fsp3) is 0.571. The summed E-state index contributed by atoms with van der Waals surface area (Å²) in [5.41, 5.74) is 2.40. The van der Waals surface area contributed by atoms with Crippen molar-refractivity contribution in [3.8, 4) is 0 Å². The highest BCUT2D eigenvalue weighted by molar-refractivity contribution is 6.33. The van der Waals surface area contributed by atoms with Crippen molar-refractivity contribution in [2.75, 3.05) is 31.6 Å². The molecule has 3 nitrogen and oxygen atoms in total. The molecule has 1 aliphatic rings. The van der Waals surface area contributed by atoms with Gasteiger partial charge in [0.2, 0.25) is 0 Å². The normalized spacial score (nSPS) is 17.2. The highest BCUT2D eigenvalue weighted by atomic mass is 35.5. The molecule has 0 radical (unpaired) electrons. The van der Waals surface area contributed by atoms with Gasteiger partial charge in [-0.15, -0.1) is 0 Å². The Morgan fingerprint density at radius 3 is 2.72 bits per heavy atom. The number of nitrogens with zero attached hydrogens (tertiary/aromatic N) is 1. The lowest BCUT2D eigenvalue weighted by Crippen LogP contribution is -2.35. The maximum atomic E-state index is 9.19. The maximum Gasteiger partial charge on any atom is 0.0642 e. The fourth-order valence-electron chi connectivity index (χ4n) is 2.59. The predicted molar refractivity (Wildman–Crippen MR) is 76.2 cm³/mol. The molecule has 2 rings (SSSR count). The van der Waals surface area contributed by atoms with E-state index >= 15 is 0 Å². The van der Waals surface area contributed by atoms with Gasteiger partial charge in [0.15, 0.2) is 0 Å². The average molecular weight is 269 g/mol. The molecule has 1 saturated heterocycles. The number of benzene rings is 1. The summed E-state index contributed by atoms with van der Waals surface area (Å²) in [6.07, 6.45) is 2.08. The van der Waals surface area contributed by atoms with Gasteiger partial charge >= 0.3 is 0 Å². The van der Waals surface area contributed by atoms with Gasteiger partial charge in [0, 0.05) is 26.2 Å². The van der Waals surface area contributed by atoms with Gasteiger partial charge in [-0.05, 0) is 37.4 Å². The van der Waals surface area contributed by atoms with Crippen LogP contribution in [0.1, 0.15) is 18.4 Å². The first-order valence-electron chi connectivity index (χ1n) is 6.54. The molecule has 1 aromatic rings. The summed E-state index contributed by atoms with van der Waals surface area (Å²) in [6.45, 7) is 3.09. The number of hydrogen-bond donors (Lipinski definition) is 2. The number of nitrogens with one attached hydrogen (secondary N) is 1. The summed E-state index contributed by atoms with van der Waals surface area (Å²) in [6, 6.07) is 6.07. The topological polar surface area (TPSA) is 35.5 Å². The average Bonchev–Trinajstić information content (AvgIpc) is 2.40. The molecule has 0 amide bonds. The van der Waals surface area contributed by atoms with Crippen LogP contribution in [0.3, 0.4) is 0 Å². The summed E-state index contributed by atoms with van der Waals surface area (Å²) >= 11 is 6.35. The Morgan fingerprint density at radius 2 is 2.11 bits per heavy atom. The Morgan fingerprint density at radius 1 is 1.39 bits per heavy atom. The monoisotopic (exact) mass is 268 g/mol. The Kier molecular flexibility index (Phi) is 4.87. The van der Waals surface area contributed by atoms with E-state index in [1.807, 2.05) is 19.2 Å². The summed E-state index contributed by atoms with van der Waals surface area (Å²) in [4.78, 5) is 2.35. The molecule has 1 heterocycles. The number of aliphatic hydroxyl groups excluding tert-OH is 1. The Balaban J connectivity index is 2.17. The minimum Gasteiger partial charge on any atom is -0.396 e. The van der Waals surface area contributed by atoms with Crippen LogP contribution < -0.4 is 10.2 Å². The minimum atomic E-state index is 0.305. The van der Waals surface area contributed by atoms with E-state index in [0.717, 1.165) is 43.2 Å². The number of aliphatic hydroxyl groups is 1. The van der Waals surface area contributed by atoms with Gasteiger partial charge in [0.1, 0.15) is 0 Å². The molecule has 0 unspecified atom stereocenters. The van der Waals surface area contributed by atoms with Gasteiger partial charge in [-0.2, -0.15) is 0 Å². The molecule has 0 aliphatic carbocycles. The van der Waals surface area contributed by atoms with Crippen molar-refractivity contribution in [2.45, 2.75) is 19.4 Å². The number of anilines is 1. The van der Waals surface area contributed by atoms with Crippen LogP contribution in [0.2, 0.25) is 5.02 Å². The van der Waals surface area contributed by atoms with Crippen molar-refractivity contribution in [3.63, 3.8) is 0 Å². The second-order valence-electron chi connectivity index (χ2n) is 4.89. The molecule has 0 bridgehead atoms. The second kappa shape index (κ2) is 6.41. The van der Waals surface area contributed by atoms with Crippen LogP contribution >= 0.6 is 11.6 Å². The van der Waals surface area contributed by atoms with Crippen LogP contribution in [0.5, 0.6) is 0 Å². The number of para-hydroxylation sites is 1. The zero-order valence-electron chi connectivity index (χ0n) is 10.8. The van der Waals surface area contributed by atoms with Crippen LogP contribution in [0, 0.1) is 5.92 Å². The maximum absolute atomic E-state index is 9.19. The van der Waals surface area contributed by atoms with E-state index in [1.54, 1.807) is 0 Å². The Hall–Kier alpha value is -0.770. The third kappa shape index (κ3) is 2.97. The number of hydrogen-bond acceptors (Lipinski definition) is 3. The molecule has 2 N–H and O–H groups in total. The first kappa shape index (κ1) is 13.7. The molecule has 0 atom stereocenters. The number of halogens is 1. The Bertz CT molecular complexity index is 389. The largest absolute Gasteiger partial charge is 0.396 e. The number of piperidine rings is 1. The van der Waals surface area contributed by atoms with E-state index in [2.05, 4.69) is 16.3 Å². The van der Waals surface area contributed by atoms with Crippen LogP contribution in [-0.4, -0.2) is 31.9 Å². The van der Waals surface area contributed by atoms with E-state index in [9.17, 15) is 5.11 Å². The quantitative estimate of drug-likeness (QED) is 0.879. The number of rotatable bonds is 4. The molecule has 0 spiro atoms. The van der Waals surface area contributed by atoms with Gasteiger partial charge in [-0.1, -0.05) is 23.7 Å². The second-order valence-corrected chi connectivity index (χ2v) is 5.30. The van der Waals surface area contributed by atoms with Gasteiger partial charge in [-0.25, -0.2) is 0 Å². The molecule has 1 aliphatic heterocycles. The SMILES string of the molecule is CNCc1cccc(Cl)c1N1CCC(CO)CC1. The minimum absolute atomic E-state index is 0.305. The summed E-state index contributed by atoms with van der Waals surface area (Å²) < 4.78 is 0. The zero-order chi connectivity index (χ0) is 13.0. The van der Waals surface area contributed by atoms with Crippen LogP contribution in [-0.2, 0) is 6.54 Å². The standard InChI is InChI=1S/C14H21ClN2O/c1-16-9-12-3-2-4-13(15)14(12)17-7-5-11(10-18)6-8-17/h2-4,11,16,18H,5-10H2,1H3. The molecule has 4 heteroatoms. The highest BCUT2D eigenvalue weighted by Crippen LogP contribution is 2.32. The van der Waals surface area contributed by atoms with Gasteiger partial charge in [0.25, 0.3) is 0 Å². The lowest BCUT2D eigenvalue weighted by molar-refractivity contribution is 0.203. The fourth-order valence-corrected chi connectivity index (χ4v) is 2.90. The van der Waals surface area contributed by atoms with Gasteiger partial charge in [0.05, 0.1) is 10.7 Å². The molecule has 0 saturated carbocycles. The zero-order valence-corrected chi connectivity index (χ0v) is 11.6. The van der Waals surface area contributed by atoms with Gasteiger partial charge in [-0.3, -0.25) is 0 Å². The van der Waals surface area contributed by atoms with Crippen molar-refractivity contribution >= 4 is 17.3 Å². The van der Waals surface area contributed by atoms with E-state index < -0.39 is 0 Å². The van der Waals surface area contributed by atoms with E-state index in [-0.39, 0.29) is 0 Å². The lowest BCUT2D eigenvalue weighted by Gasteiger charge is -2.34. The molecule has 1 fully saturated rings. The third-order valence-electron chi connectivity index (χ3n) is 3.63. The van der Waals surface area contributed by atoms with E-state index in [0.29, 0.717) is 12.5 Å². The molecule has 100 valence electrons. The van der Waals surface area contributed by atoms with Crippen LogP contribution in [0.4, 0.5) is 5.69 Å². The summed E-state index contributed by atoms with van der Waals surface area (Å²) in [7, 11) is 1.95. The smallest absolute Gasteiger partial charge is 0.0642 e. The summed E-state index contributed by atoms with van der Waals surface area (Å²) in [5, 5.41) is 13.2. The van der Waals surface area contributed by atoms with Crippen molar-refractivity contribution < 1.29 is 5.11 Å². The van der Waals surface area contributed by atoms with Crippen molar-refractivity contribution in [1.29, 1.82) is 0 Å². The van der Waals surface area contributed by atoms with Crippen molar-refractivity contribution in [1.82, 2.24) is 5.32 Å². The van der Waals surface area contributed by atoms with E-state index in [4.69, 9.17) is 11.6 Å². The van der Waals surface area contributed by atoms with Crippen molar-refractivity contribution in [2.24, 2.45) is 5.92 Å². The molecule has 1 aromatic carbocycles. The van der Waals surface area contributed by atoms with Gasteiger partial charge < -0.3 is 15.3 Å². The summed E-state index contributed by atoms with van der Waals surface area (Å²) in [5.74, 6) is 0.455. The first-order chi connectivity index (χ1) is 8.76. The first-order valence-corrected chi connectivity index (χ1v) is 6.92. The van der Waals surface area contributed by atoms with Crippen LogP contribution in [0.25, 0.3) is 0 Å². The molecule has 0 aromatic heterocycles.